The fraction of sp³-hybridized carbons (Fsp3) is 0.476. The van der Waals surface area contributed by atoms with E-state index in [0.717, 1.165) is 6.42 Å². The van der Waals surface area contributed by atoms with E-state index < -0.39 is 18.9 Å². The van der Waals surface area contributed by atoms with Gasteiger partial charge >= 0.3 is 0 Å². The van der Waals surface area contributed by atoms with Gasteiger partial charge in [-0.3, -0.25) is 15.1 Å². The van der Waals surface area contributed by atoms with Crippen LogP contribution in [-0.2, 0) is 15.7 Å². The summed E-state index contributed by atoms with van der Waals surface area (Å²) in [7, 11) is 2.74. The third kappa shape index (κ3) is 8.69. The number of amides is 1. The first-order valence-corrected chi connectivity index (χ1v) is 11.9. The van der Waals surface area contributed by atoms with Crippen LogP contribution in [0.25, 0.3) is 0 Å². The van der Waals surface area contributed by atoms with Gasteiger partial charge in [0, 0.05) is 12.3 Å². The number of aliphatic imine (C=N–C) groups is 1. The van der Waals surface area contributed by atoms with E-state index in [-0.39, 0.29) is 17.2 Å². The minimum Gasteiger partial charge on any atom is -0.362 e. The maximum atomic E-state index is 14.5. The van der Waals surface area contributed by atoms with Crippen LogP contribution >= 0.6 is 16.8 Å². The van der Waals surface area contributed by atoms with Crippen LogP contribution in [0.2, 0.25) is 0 Å². The van der Waals surface area contributed by atoms with Crippen LogP contribution in [0, 0.1) is 11.5 Å². The van der Waals surface area contributed by atoms with Crippen molar-refractivity contribution in [2.24, 2.45) is 10.9 Å². The van der Waals surface area contributed by atoms with E-state index in [4.69, 9.17) is 4.74 Å². The van der Waals surface area contributed by atoms with Gasteiger partial charge in [-0.15, -0.1) is 0 Å². The maximum Gasteiger partial charge on any atom is 0.293 e. The lowest BCUT2D eigenvalue weighted by molar-refractivity contribution is -0.110. The molecule has 0 saturated heterocycles. The second-order valence-electron chi connectivity index (χ2n) is 6.98. The summed E-state index contributed by atoms with van der Waals surface area (Å²) in [6.07, 6.45) is 3.96. The van der Waals surface area contributed by atoms with Crippen molar-refractivity contribution in [3.05, 3.63) is 47.9 Å². The highest BCUT2D eigenvalue weighted by Crippen LogP contribution is 2.36. The first kappa shape index (κ1) is 26.5. The molecule has 0 bridgehead atoms. The number of anilines is 1. The van der Waals surface area contributed by atoms with Gasteiger partial charge in [-0.2, -0.15) is 4.39 Å². The standard InChI is InChI=1S/C21H31F2N3O2P2/c1-6-15(3)17(21(4,23)29)12-25-18(7-2)20(27)26-16-8-9-19(22)30(13-16)11-10-28-14-24-5/h7-9,12-13,15,24H,2,6,10-11,14,29H2,1,3-5H3/p+1/b17-12+,25-18?. The van der Waals surface area contributed by atoms with Crippen LogP contribution in [-0.4, -0.2) is 37.4 Å². The highest BCUT2D eigenvalue weighted by molar-refractivity contribution is 7.47. The van der Waals surface area contributed by atoms with Crippen molar-refractivity contribution < 1.29 is 18.3 Å². The van der Waals surface area contributed by atoms with Crippen LogP contribution < -0.4 is 10.6 Å². The highest BCUT2D eigenvalue weighted by Gasteiger charge is 2.26. The zero-order valence-electron chi connectivity index (χ0n) is 18.0. The first-order valence-electron chi connectivity index (χ1n) is 9.75. The number of carbonyl (C=O) groups excluding carboxylic acids is 1. The van der Waals surface area contributed by atoms with E-state index >= 15 is 0 Å². The predicted molar refractivity (Wildman–Crippen MR) is 126 cm³/mol. The number of allylic oxidation sites excluding steroid dienone is 1. The van der Waals surface area contributed by atoms with Crippen molar-refractivity contribution >= 4 is 34.1 Å². The Morgan fingerprint density at radius 2 is 2.20 bits per heavy atom. The molecule has 0 aliphatic rings. The first-order chi connectivity index (χ1) is 14.1. The molecule has 9 heteroatoms. The topological polar surface area (TPSA) is 62.7 Å². The van der Waals surface area contributed by atoms with E-state index in [0.29, 0.717) is 30.8 Å². The molecular formula is C21H32F2N3O2P2+. The lowest BCUT2D eigenvalue weighted by Crippen LogP contribution is -2.21. The molecule has 4 atom stereocenters. The van der Waals surface area contributed by atoms with Crippen LogP contribution in [0.3, 0.4) is 0 Å². The number of rotatable bonds is 12. The van der Waals surface area contributed by atoms with E-state index in [9.17, 15) is 13.6 Å². The smallest absolute Gasteiger partial charge is 0.293 e. The minimum atomic E-state index is -1.63. The Bertz CT molecular complexity index is 793. The van der Waals surface area contributed by atoms with Gasteiger partial charge in [0.2, 0.25) is 0 Å². The van der Waals surface area contributed by atoms with Crippen molar-refractivity contribution in [2.45, 2.75) is 38.8 Å². The molecule has 1 amide bonds. The second-order valence-corrected chi connectivity index (χ2v) is 10.1. The molecule has 1 aromatic rings. The average Bonchev–Trinajstić information content (AvgIpc) is 2.69. The Hall–Kier alpha value is -1.52. The quantitative estimate of drug-likeness (QED) is 0.192. The summed E-state index contributed by atoms with van der Waals surface area (Å²) in [6, 6.07) is 2.86. The van der Waals surface area contributed by atoms with Crippen molar-refractivity contribution in [2.75, 3.05) is 25.7 Å². The Morgan fingerprint density at radius 3 is 2.77 bits per heavy atom. The zero-order valence-corrected chi connectivity index (χ0v) is 20.1. The molecule has 0 fully saturated rings. The van der Waals surface area contributed by atoms with E-state index in [1.807, 2.05) is 13.8 Å². The molecule has 1 aromatic heterocycles. The molecule has 1 heterocycles. The molecule has 4 unspecified atom stereocenters. The summed E-state index contributed by atoms with van der Waals surface area (Å²) in [6.45, 7) is 9.73. The molecular weight excluding hydrogens is 426 g/mol. The number of nitrogens with one attached hydrogen (secondary N) is 2. The summed E-state index contributed by atoms with van der Waals surface area (Å²) in [5, 5.41) is 3.94. The number of hydrogen-bond donors (Lipinski definition) is 2. The summed E-state index contributed by atoms with van der Waals surface area (Å²) < 4.78 is 33.9. The van der Waals surface area contributed by atoms with Gasteiger partial charge in [0.1, 0.15) is 23.1 Å². The third-order valence-electron chi connectivity index (χ3n) is 4.43. The van der Waals surface area contributed by atoms with Gasteiger partial charge in [0.15, 0.2) is 7.53 Å². The van der Waals surface area contributed by atoms with Gasteiger partial charge in [-0.1, -0.05) is 29.7 Å². The van der Waals surface area contributed by atoms with Gasteiger partial charge in [-0.05, 0) is 44.0 Å². The largest absolute Gasteiger partial charge is 0.362 e. The molecule has 0 radical (unpaired) electrons. The number of alkyl halides is 1. The molecule has 0 aliphatic heterocycles. The predicted octanol–water partition coefficient (Wildman–Crippen LogP) is 5.34. The van der Waals surface area contributed by atoms with Gasteiger partial charge in [-0.25, -0.2) is 4.39 Å². The lowest BCUT2D eigenvalue weighted by atomic mass is 9.95. The monoisotopic (exact) mass is 458 g/mol. The summed E-state index contributed by atoms with van der Waals surface area (Å²) in [5.41, 5.74) is 0.789. The van der Waals surface area contributed by atoms with E-state index in [1.165, 1.54) is 31.3 Å². The third-order valence-corrected chi connectivity index (χ3v) is 6.71. The Labute approximate surface area is 181 Å². The fourth-order valence-corrected chi connectivity index (χ4v) is 4.51. The second kappa shape index (κ2) is 13.0. The molecule has 0 spiro atoms. The zero-order chi connectivity index (χ0) is 22.7. The number of carbonyl (C=O) groups is 1. The van der Waals surface area contributed by atoms with Crippen LogP contribution in [0.5, 0.6) is 0 Å². The Balaban J connectivity index is 2.99. The normalized spacial score (nSPS) is 16.0. The molecule has 0 saturated carbocycles. The molecule has 2 N–H and O–H groups in total. The number of ether oxygens (including phenoxy) is 1. The van der Waals surface area contributed by atoms with Crippen molar-refractivity contribution in [3.63, 3.8) is 0 Å². The Morgan fingerprint density at radius 1 is 1.50 bits per heavy atom. The average molecular weight is 458 g/mol. The van der Waals surface area contributed by atoms with Gasteiger partial charge in [0.05, 0.1) is 19.0 Å². The van der Waals surface area contributed by atoms with Crippen LogP contribution in [0.15, 0.2) is 47.4 Å². The van der Waals surface area contributed by atoms with Crippen molar-refractivity contribution in [1.29, 1.82) is 0 Å². The van der Waals surface area contributed by atoms with Crippen molar-refractivity contribution in [3.8, 4) is 0 Å². The highest BCUT2D eigenvalue weighted by atomic mass is 31.1. The summed E-state index contributed by atoms with van der Waals surface area (Å²) in [4.78, 5) is 16.8. The molecule has 0 aliphatic carbocycles. The van der Waals surface area contributed by atoms with Crippen LogP contribution in [0.4, 0.5) is 14.5 Å². The molecule has 30 heavy (non-hydrogen) atoms. The van der Waals surface area contributed by atoms with Gasteiger partial charge in [0.25, 0.3) is 11.5 Å². The lowest BCUT2D eigenvalue weighted by Gasteiger charge is -2.23. The molecule has 5 nitrogen and oxygen atoms in total. The summed E-state index contributed by atoms with van der Waals surface area (Å²) >= 11 is 0. The van der Waals surface area contributed by atoms with E-state index in [1.54, 1.807) is 12.8 Å². The van der Waals surface area contributed by atoms with Crippen LogP contribution in [0.1, 0.15) is 27.2 Å². The molecule has 166 valence electrons. The fourth-order valence-electron chi connectivity index (χ4n) is 2.60. The number of hydrogen-bond acceptors (Lipinski definition) is 4. The Kier molecular flexibility index (Phi) is 11.5. The number of halogens is 2. The molecule has 1 rings (SSSR count). The minimum absolute atomic E-state index is 0.0356. The SMILES string of the molecule is C=CC(=N/C=C(\C(C)CC)C(C)(F)P)C(=O)Nc1ccc(F)[p+](CCOCNC)c1. The van der Waals surface area contributed by atoms with Crippen molar-refractivity contribution in [1.82, 2.24) is 5.32 Å². The van der Waals surface area contributed by atoms with E-state index in [2.05, 4.69) is 31.4 Å². The molecule has 0 aromatic carbocycles. The van der Waals surface area contributed by atoms with Gasteiger partial charge < -0.3 is 10.1 Å². The maximum absolute atomic E-state index is 14.5. The number of nitrogens with zero attached hydrogens (tertiary/aromatic N) is 1. The summed E-state index contributed by atoms with van der Waals surface area (Å²) in [5.74, 6) is 1.17.